The van der Waals surface area contributed by atoms with Gasteiger partial charge in [-0.25, -0.2) is 0 Å². The molecular weight excluding hydrogens is 442 g/mol. The molecule has 2 amide bonds. The average molecular weight is 462 g/mol. The molecule has 0 atom stereocenters. The van der Waals surface area contributed by atoms with Crippen LogP contribution in [0.4, 0.5) is 5.69 Å². The Bertz CT molecular complexity index is 1240. The van der Waals surface area contributed by atoms with E-state index in [9.17, 15) is 9.59 Å². The van der Waals surface area contributed by atoms with Crippen LogP contribution in [-0.2, 0) is 6.54 Å². The van der Waals surface area contributed by atoms with E-state index in [-0.39, 0.29) is 24.8 Å². The lowest BCUT2D eigenvalue weighted by Crippen LogP contribution is -2.31. The number of nitrogens with zero attached hydrogens (tertiary/aromatic N) is 3. The third-order valence-corrected chi connectivity index (χ3v) is 6.78. The van der Waals surface area contributed by atoms with E-state index < -0.39 is 0 Å². The summed E-state index contributed by atoms with van der Waals surface area (Å²) in [5.41, 5.74) is 2.56. The number of carbonyl (C=O) groups excluding carboxylic acids is 2. The molecule has 0 saturated heterocycles. The molecule has 0 aromatic heterocycles. The van der Waals surface area contributed by atoms with Crippen LogP contribution >= 0.6 is 23.4 Å². The van der Waals surface area contributed by atoms with Crippen molar-refractivity contribution in [1.29, 1.82) is 5.26 Å². The molecule has 0 N–H and O–H groups in total. The zero-order chi connectivity index (χ0) is 22.7. The predicted octanol–water partition coefficient (Wildman–Crippen LogP) is 5.64. The van der Waals surface area contributed by atoms with Crippen LogP contribution in [-0.4, -0.2) is 30.3 Å². The fourth-order valence-corrected chi connectivity index (χ4v) is 4.80. The smallest absolute Gasteiger partial charge is 0.259 e. The molecule has 0 spiro atoms. The van der Waals surface area contributed by atoms with Gasteiger partial charge in [0.15, 0.2) is 0 Å². The van der Waals surface area contributed by atoms with Gasteiger partial charge in [-0.1, -0.05) is 53.7 Å². The largest absolute Gasteiger partial charge is 0.341 e. The molecule has 1 heterocycles. The van der Waals surface area contributed by atoms with Crippen LogP contribution in [0.2, 0.25) is 5.02 Å². The lowest BCUT2D eigenvalue weighted by atomic mass is 10.1. The van der Waals surface area contributed by atoms with Gasteiger partial charge < -0.3 is 9.80 Å². The van der Waals surface area contributed by atoms with Crippen molar-refractivity contribution in [3.8, 4) is 6.07 Å². The van der Waals surface area contributed by atoms with E-state index in [4.69, 9.17) is 16.9 Å². The van der Waals surface area contributed by atoms with Gasteiger partial charge >= 0.3 is 0 Å². The second kappa shape index (κ2) is 9.47. The second-order valence-electron chi connectivity index (χ2n) is 7.40. The molecule has 3 aromatic carbocycles. The highest BCUT2D eigenvalue weighted by Gasteiger charge is 2.29. The number of fused-ring (bicyclic) bond motifs is 2. The fourth-order valence-electron chi connectivity index (χ4n) is 3.55. The van der Waals surface area contributed by atoms with Gasteiger partial charge in [0.2, 0.25) is 0 Å². The van der Waals surface area contributed by atoms with Crippen molar-refractivity contribution in [2.24, 2.45) is 0 Å². The number of nitriles is 1. The molecule has 1 aliphatic heterocycles. The first-order valence-electron chi connectivity index (χ1n) is 10.1. The van der Waals surface area contributed by atoms with Gasteiger partial charge in [-0.3, -0.25) is 9.59 Å². The minimum absolute atomic E-state index is 0.144. The third-order valence-electron chi connectivity index (χ3n) is 5.27. The van der Waals surface area contributed by atoms with Gasteiger partial charge in [0.05, 0.1) is 30.3 Å². The van der Waals surface area contributed by atoms with E-state index >= 15 is 0 Å². The Hall–Kier alpha value is -3.27. The van der Waals surface area contributed by atoms with Crippen LogP contribution in [0.3, 0.4) is 0 Å². The summed E-state index contributed by atoms with van der Waals surface area (Å²) < 4.78 is 0. The average Bonchev–Trinajstić information content (AvgIpc) is 2.92. The molecule has 5 nitrogen and oxygen atoms in total. The van der Waals surface area contributed by atoms with Crippen molar-refractivity contribution in [2.45, 2.75) is 22.8 Å². The lowest BCUT2D eigenvalue weighted by Gasteiger charge is -2.25. The summed E-state index contributed by atoms with van der Waals surface area (Å²) in [6.45, 7) is 0.622. The van der Waals surface area contributed by atoms with Crippen molar-refractivity contribution < 1.29 is 9.59 Å². The Balaban J connectivity index is 1.79. The van der Waals surface area contributed by atoms with Gasteiger partial charge in [0.25, 0.3) is 11.8 Å². The zero-order valence-electron chi connectivity index (χ0n) is 17.4. The molecule has 3 aromatic rings. The van der Waals surface area contributed by atoms with E-state index in [0.29, 0.717) is 28.4 Å². The molecule has 0 bridgehead atoms. The Morgan fingerprint density at radius 3 is 2.62 bits per heavy atom. The van der Waals surface area contributed by atoms with Gasteiger partial charge in [-0.2, -0.15) is 5.26 Å². The minimum Gasteiger partial charge on any atom is -0.341 e. The molecule has 4 rings (SSSR count). The molecular formula is C25H20ClN3O2S. The molecule has 32 heavy (non-hydrogen) atoms. The van der Waals surface area contributed by atoms with E-state index in [1.807, 2.05) is 48.5 Å². The molecule has 1 aliphatic rings. The third kappa shape index (κ3) is 4.36. The minimum atomic E-state index is -0.194. The maximum Gasteiger partial charge on any atom is 0.259 e. The first-order chi connectivity index (χ1) is 15.5. The Kier molecular flexibility index (Phi) is 6.50. The molecule has 7 heteroatoms. The Morgan fingerprint density at radius 2 is 1.84 bits per heavy atom. The summed E-state index contributed by atoms with van der Waals surface area (Å²) in [5.74, 6) is -0.339. The van der Waals surface area contributed by atoms with Crippen molar-refractivity contribution in [1.82, 2.24) is 4.90 Å². The highest BCUT2D eigenvalue weighted by Crippen LogP contribution is 2.42. The van der Waals surface area contributed by atoms with Gasteiger partial charge in [-0.05, 0) is 42.0 Å². The van der Waals surface area contributed by atoms with Crippen molar-refractivity contribution in [2.75, 3.05) is 18.5 Å². The SMILES string of the molecule is CN(CCC#N)C(=O)c1ccc2c(c1)N(Cc1ccccc1Cl)C(=O)c1ccccc1S2. The molecule has 0 aliphatic carbocycles. The monoisotopic (exact) mass is 461 g/mol. The molecule has 0 unspecified atom stereocenters. The first kappa shape index (κ1) is 21.9. The Labute approximate surface area is 196 Å². The quantitative estimate of drug-likeness (QED) is 0.493. The van der Waals surface area contributed by atoms with Gasteiger partial charge in [-0.15, -0.1) is 0 Å². The summed E-state index contributed by atoms with van der Waals surface area (Å²) in [4.78, 5) is 31.5. The number of hydrogen-bond donors (Lipinski definition) is 0. The normalized spacial score (nSPS) is 12.4. The Morgan fingerprint density at radius 1 is 1.09 bits per heavy atom. The second-order valence-corrected chi connectivity index (χ2v) is 8.89. The predicted molar refractivity (Wildman–Crippen MR) is 126 cm³/mol. The number of hydrogen-bond acceptors (Lipinski definition) is 4. The summed E-state index contributed by atoms with van der Waals surface area (Å²) in [6, 6.07) is 22.4. The van der Waals surface area contributed by atoms with Crippen LogP contribution in [0.5, 0.6) is 0 Å². The van der Waals surface area contributed by atoms with E-state index in [1.165, 1.54) is 16.7 Å². The number of rotatable bonds is 5. The van der Waals surface area contributed by atoms with Crippen LogP contribution in [0.1, 0.15) is 32.7 Å². The highest BCUT2D eigenvalue weighted by molar-refractivity contribution is 7.99. The van der Waals surface area contributed by atoms with Gasteiger partial charge in [0, 0.05) is 34.0 Å². The van der Waals surface area contributed by atoms with Crippen molar-refractivity contribution in [3.05, 3.63) is 88.4 Å². The van der Waals surface area contributed by atoms with E-state index in [0.717, 1.165) is 15.4 Å². The first-order valence-corrected chi connectivity index (χ1v) is 11.3. The standard InChI is InChI=1S/C25H20ClN3O2S/c1-28(14-6-13-27)24(30)17-11-12-23-21(15-17)29(16-18-7-2-4-9-20(18)26)25(31)19-8-3-5-10-22(19)32-23/h2-5,7-12,15H,6,14,16H2,1H3. The fraction of sp³-hybridized carbons (Fsp3) is 0.160. The van der Waals surface area contributed by atoms with Crippen LogP contribution in [0, 0.1) is 11.3 Å². The number of benzene rings is 3. The molecule has 0 radical (unpaired) electrons. The number of carbonyl (C=O) groups is 2. The summed E-state index contributed by atoms with van der Waals surface area (Å²) in [5, 5.41) is 9.40. The van der Waals surface area contributed by atoms with Crippen LogP contribution in [0.15, 0.2) is 76.5 Å². The highest BCUT2D eigenvalue weighted by atomic mass is 35.5. The lowest BCUT2D eigenvalue weighted by molar-refractivity contribution is 0.0797. The topological polar surface area (TPSA) is 64.4 Å². The summed E-state index contributed by atoms with van der Waals surface area (Å²) in [7, 11) is 1.67. The van der Waals surface area contributed by atoms with E-state index in [1.54, 1.807) is 30.1 Å². The van der Waals surface area contributed by atoms with Crippen LogP contribution < -0.4 is 4.90 Å². The maximum absolute atomic E-state index is 13.6. The maximum atomic E-state index is 13.6. The van der Waals surface area contributed by atoms with E-state index in [2.05, 4.69) is 6.07 Å². The van der Waals surface area contributed by atoms with Crippen LogP contribution in [0.25, 0.3) is 0 Å². The van der Waals surface area contributed by atoms with Gasteiger partial charge in [0.1, 0.15) is 0 Å². The number of anilines is 1. The zero-order valence-corrected chi connectivity index (χ0v) is 19.0. The van der Waals surface area contributed by atoms with Crippen molar-refractivity contribution in [3.63, 3.8) is 0 Å². The number of halogens is 1. The molecule has 0 saturated carbocycles. The summed E-state index contributed by atoms with van der Waals surface area (Å²) >= 11 is 7.91. The summed E-state index contributed by atoms with van der Waals surface area (Å²) in [6.07, 6.45) is 0.259. The number of amides is 2. The van der Waals surface area contributed by atoms with Crippen molar-refractivity contribution >= 4 is 40.9 Å². The molecule has 160 valence electrons. The molecule has 0 fully saturated rings.